The number of pyridine rings is 1. The van der Waals surface area contributed by atoms with Gasteiger partial charge in [-0.3, -0.25) is 9.59 Å². The summed E-state index contributed by atoms with van der Waals surface area (Å²) < 4.78 is 1.65. The minimum Gasteiger partial charge on any atom is -0.308 e. The molecule has 0 amide bonds. The molecule has 0 unspecified atom stereocenters. The predicted molar refractivity (Wildman–Crippen MR) is 63.5 cm³/mol. The van der Waals surface area contributed by atoms with E-state index in [9.17, 15) is 9.59 Å². The molecule has 0 atom stereocenters. The first-order valence-electron chi connectivity index (χ1n) is 5.26. The van der Waals surface area contributed by atoms with E-state index in [1.165, 1.54) is 6.92 Å². The Morgan fingerprint density at radius 3 is 2.69 bits per heavy atom. The van der Waals surface area contributed by atoms with Crippen LogP contribution in [0.2, 0.25) is 0 Å². The number of Topliss-reactive ketones (excluding diaryl/α,β-unsaturated/α-hetero) is 1. The molecule has 1 aromatic carbocycles. The zero-order valence-electron chi connectivity index (χ0n) is 9.14. The Kier molecular flexibility index (Phi) is 2.86. The fourth-order valence-corrected chi connectivity index (χ4v) is 1.74. The van der Waals surface area contributed by atoms with Crippen LogP contribution in [0.15, 0.2) is 41.2 Å². The van der Waals surface area contributed by atoms with Gasteiger partial charge in [-0.15, -0.1) is 0 Å². The molecule has 0 bridgehead atoms. The van der Waals surface area contributed by atoms with E-state index in [1.807, 2.05) is 30.3 Å². The zero-order valence-corrected chi connectivity index (χ0v) is 9.14. The van der Waals surface area contributed by atoms with Crippen molar-refractivity contribution in [2.75, 3.05) is 0 Å². The lowest BCUT2D eigenvalue weighted by atomic mass is 10.2. The molecule has 0 aliphatic carbocycles. The average molecular weight is 215 g/mol. The number of hydrogen-bond donors (Lipinski definition) is 0. The number of rotatable bonds is 3. The fraction of sp³-hybridized carbons (Fsp3) is 0.231. The number of nitrogens with zero attached hydrogens (tertiary/aromatic N) is 1. The van der Waals surface area contributed by atoms with Crippen LogP contribution >= 0.6 is 0 Å². The van der Waals surface area contributed by atoms with Crippen LogP contribution in [0, 0.1) is 0 Å². The third kappa shape index (κ3) is 2.03. The molecular formula is C13H13NO2. The highest BCUT2D eigenvalue weighted by Crippen LogP contribution is 2.11. The van der Waals surface area contributed by atoms with E-state index in [4.69, 9.17) is 0 Å². The SMILES string of the molecule is CC(=O)CCn1c(=O)ccc2ccccc21. The van der Waals surface area contributed by atoms with Crippen LogP contribution in [0.25, 0.3) is 10.9 Å². The minimum absolute atomic E-state index is 0.0556. The van der Waals surface area contributed by atoms with Crippen molar-refractivity contribution in [1.82, 2.24) is 4.57 Å². The third-order valence-corrected chi connectivity index (χ3v) is 2.59. The summed E-state index contributed by atoms with van der Waals surface area (Å²) >= 11 is 0. The van der Waals surface area contributed by atoms with Gasteiger partial charge in [0.2, 0.25) is 0 Å². The number of aromatic nitrogens is 1. The molecule has 0 spiro atoms. The van der Waals surface area contributed by atoms with Crippen LogP contribution in [0.1, 0.15) is 13.3 Å². The maximum atomic E-state index is 11.7. The van der Waals surface area contributed by atoms with E-state index in [1.54, 1.807) is 10.6 Å². The molecule has 3 nitrogen and oxygen atoms in total. The number of carbonyl (C=O) groups excluding carboxylic acids is 1. The van der Waals surface area contributed by atoms with Gasteiger partial charge in [-0.1, -0.05) is 18.2 Å². The second-order valence-electron chi connectivity index (χ2n) is 3.83. The summed E-state index contributed by atoms with van der Waals surface area (Å²) in [6, 6.07) is 11.0. The fourth-order valence-electron chi connectivity index (χ4n) is 1.74. The second kappa shape index (κ2) is 4.31. The molecule has 0 aliphatic rings. The average Bonchev–Trinajstić information content (AvgIpc) is 2.27. The molecular weight excluding hydrogens is 202 g/mol. The van der Waals surface area contributed by atoms with Crippen LogP contribution in [0.3, 0.4) is 0 Å². The van der Waals surface area contributed by atoms with Crippen molar-refractivity contribution in [2.24, 2.45) is 0 Å². The molecule has 2 aromatic rings. The lowest BCUT2D eigenvalue weighted by Crippen LogP contribution is -2.20. The standard InChI is InChI=1S/C13H13NO2/c1-10(15)8-9-14-12-5-3-2-4-11(12)6-7-13(14)16/h2-7H,8-9H2,1H3. The minimum atomic E-state index is -0.0556. The van der Waals surface area contributed by atoms with Crippen molar-refractivity contribution in [3.8, 4) is 0 Å². The van der Waals surface area contributed by atoms with Crippen molar-refractivity contribution in [3.05, 3.63) is 46.8 Å². The molecule has 0 saturated heterocycles. The number of para-hydroxylation sites is 1. The number of aryl methyl sites for hydroxylation is 1. The monoisotopic (exact) mass is 215 g/mol. The van der Waals surface area contributed by atoms with Crippen LogP contribution in [-0.4, -0.2) is 10.4 Å². The Morgan fingerprint density at radius 2 is 1.94 bits per heavy atom. The van der Waals surface area contributed by atoms with Gasteiger partial charge in [-0.2, -0.15) is 0 Å². The maximum Gasteiger partial charge on any atom is 0.251 e. The molecule has 1 heterocycles. The van der Waals surface area contributed by atoms with E-state index in [0.717, 1.165) is 10.9 Å². The molecule has 1 aromatic heterocycles. The van der Waals surface area contributed by atoms with Crippen LogP contribution < -0.4 is 5.56 Å². The van der Waals surface area contributed by atoms with Gasteiger partial charge >= 0.3 is 0 Å². The first-order valence-corrected chi connectivity index (χ1v) is 5.26. The molecule has 3 heteroatoms. The topological polar surface area (TPSA) is 39.1 Å². The van der Waals surface area contributed by atoms with Gasteiger partial charge in [0, 0.05) is 19.0 Å². The largest absolute Gasteiger partial charge is 0.308 e. The van der Waals surface area contributed by atoms with Gasteiger partial charge in [0.15, 0.2) is 0 Å². The molecule has 0 N–H and O–H groups in total. The summed E-state index contributed by atoms with van der Waals surface area (Å²) in [6.07, 6.45) is 0.397. The summed E-state index contributed by atoms with van der Waals surface area (Å²) in [6.45, 7) is 1.99. The Bertz CT molecular complexity index is 584. The van der Waals surface area contributed by atoms with Gasteiger partial charge in [0.05, 0.1) is 5.52 Å². The van der Waals surface area contributed by atoms with Gasteiger partial charge in [0.1, 0.15) is 5.78 Å². The number of benzene rings is 1. The van der Waals surface area contributed by atoms with Gasteiger partial charge in [0.25, 0.3) is 5.56 Å². The zero-order chi connectivity index (χ0) is 11.5. The van der Waals surface area contributed by atoms with Crippen LogP contribution in [0.5, 0.6) is 0 Å². The Balaban J connectivity index is 2.53. The third-order valence-electron chi connectivity index (χ3n) is 2.59. The van der Waals surface area contributed by atoms with Crippen LogP contribution in [-0.2, 0) is 11.3 Å². The van der Waals surface area contributed by atoms with E-state index in [2.05, 4.69) is 0 Å². The second-order valence-corrected chi connectivity index (χ2v) is 3.83. The molecule has 0 aliphatic heterocycles. The van der Waals surface area contributed by atoms with E-state index in [-0.39, 0.29) is 11.3 Å². The maximum absolute atomic E-state index is 11.7. The highest BCUT2D eigenvalue weighted by Gasteiger charge is 2.03. The van der Waals surface area contributed by atoms with E-state index < -0.39 is 0 Å². The summed E-state index contributed by atoms with van der Waals surface area (Å²) in [5, 5.41) is 1.02. The van der Waals surface area contributed by atoms with Gasteiger partial charge in [-0.05, 0) is 24.4 Å². The van der Waals surface area contributed by atoms with Crippen molar-refractivity contribution < 1.29 is 4.79 Å². The summed E-state index contributed by atoms with van der Waals surface area (Å²) in [5.41, 5.74) is 0.830. The lowest BCUT2D eigenvalue weighted by molar-refractivity contribution is -0.117. The Labute approximate surface area is 93.3 Å². The quantitative estimate of drug-likeness (QED) is 0.785. The van der Waals surface area contributed by atoms with Gasteiger partial charge < -0.3 is 4.57 Å². The number of fused-ring (bicyclic) bond motifs is 1. The van der Waals surface area contributed by atoms with Crippen molar-refractivity contribution in [3.63, 3.8) is 0 Å². The molecule has 16 heavy (non-hydrogen) atoms. The highest BCUT2D eigenvalue weighted by atomic mass is 16.1. The highest BCUT2D eigenvalue weighted by molar-refractivity contribution is 5.79. The molecule has 0 fully saturated rings. The molecule has 2 rings (SSSR count). The summed E-state index contributed by atoms with van der Waals surface area (Å²) in [7, 11) is 0. The smallest absolute Gasteiger partial charge is 0.251 e. The number of hydrogen-bond acceptors (Lipinski definition) is 2. The predicted octanol–water partition coefficient (Wildman–Crippen LogP) is 1.98. The first kappa shape index (κ1) is 10.6. The normalized spacial score (nSPS) is 10.6. The van der Waals surface area contributed by atoms with E-state index >= 15 is 0 Å². The first-order chi connectivity index (χ1) is 7.68. The number of carbonyl (C=O) groups is 1. The Morgan fingerprint density at radius 1 is 1.19 bits per heavy atom. The molecule has 82 valence electrons. The van der Waals surface area contributed by atoms with Crippen molar-refractivity contribution in [1.29, 1.82) is 0 Å². The van der Waals surface area contributed by atoms with Crippen LogP contribution in [0.4, 0.5) is 0 Å². The summed E-state index contributed by atoms with van der Waals surface area (Å²) in [5.74, 6) is 0.0971. The molecule has 0 radical (unpaired) electrons. The Hall–Kier alpha value is -1.90. The van der Waals surface area contributed by atoms with Crippen molar-refractivity contribution >= 4 is 16.7 Å². The van der Waals surface area contributed by atoms with E-state index in [0.29, 0.717) is 13.0 Å². The summed E-state index contributed by atoms with van der Waals surface area (Å²) in [4.78, 5) is 22.6. The lowest BCUT2D eigenvalue weighted by Gasteiger charge is -2.08. The van der Waals surface area contributed by atoms with Gasteiger partial charge in [-0.25, -0.2) is 0 Å². The molecule has 0 saturated carbocycles. The van der Waals surface area contributed by atoms with Crippen molar-refractivity contribution in [2.45, 2.75) is 19.9 Å². The number of ketones is 1.